The molecule has 2 fully saturated rings. The predicted octanol–water partition coefficient (Wildman–Crippen LogP) is 1.60. The van der Waals surface area contributed by atoms with E-state index in [2.05, 4.69) is 10.6 Å². The van der Waals surface area contributed by atoms with Gasteiger partial charge in [0.05, 0.1) is 6.54 Å². The van der Waals surface area contributed by atoms with Crippen LogP contribution in [-0.2, 0) is 56.6 Å². The molecule has 2 heterocycles. The Bertz CT molecular complexity index is 624. The predicted molar refractivity (Wildman–Crippen MR) is 136 cm³/mol. The summed E-state index contributed by atoms with van der Waals surface area (Å²) in [6, 6.07) is -0.671. The van der Waals surface area contributed by atoms with E-state index in [0.29, 0.717) is 19.4 Å². The van der Waals surface area contributed by atoms with E-state index in [1.165, 1.54) is 45.2 Å². The number of likely N-dealkylation sites (tertiary alicyclic amines) is 1. The minimum atomic E-state index is -2.46. The standard InChI is InChI=1S/C12H20N4O5.C5H10O.C4H8F2.C2H6.CH4O.Y/c1-13-12(20)9(17)6-14-11(19)8-4-3-5-16(8)10(18)7-15(2)21;1-2-4-6-5-3-1;1-3-4(2,5)6;2*1-2;/h8,21H,3-7H2,1-2H3,(H,13,20)(H,14,19);1-5H2;3H2,1-2H3;1-2H3;2H,1H3;. The molecule has 1 radical (unpaired) electrons. The molecule has 223 valence electrons. The summed E-state index contributed by atoms with van der Waals surface area (Å²) in [7, 11) is 3.66. The summed E-state index contributed by atoms with van der Waals surface area (Å²) < 4.78 is 28.0. The van der Waals surface area contributed by atoms with Crippen LogP contribution in [0.1, 0.15) is 66.2 Å². The Morgan fingerprint density at radius 2 is 1.58 bits per heavy atom. The van der Waals surface area contributed by atoms with E-state index < -0.39 is 36.1 Å². The molecule has 0 saturated carbocycles. The number of ether oxygens (including phenoxy) is 1. The number of carbonyl (C=O) groups is 4. The number of nitrogens with zero attached hydrogens (tertiary/aromatic N) is 2. The molecule has 2 aliphatic heterocycles. The summed E-state index contributed by atoms with van der Waals surface area (Å²) in [6.45, 7) is 8.18. The van der Waals surface area contributed by atoms with Gasteiger partial charge in [-0.25, -0.2) is 8.78 Å². The molecule has 0 spiro atoms. The van der Waals surface area contributed by atoms with Crippen molar-refractivity contribution in [1.82, 2.24) is 20.6 Å². The van der Waals surface area contributed by atoms with Crippen molar-refractivity contribution in [2.24, 2.45) is 0 Å². The molecular weight excluding hydrogens is 583 g/mol. The van der Waals surface area contributed by atoms with Crippen molar-refractivity contribution >= 4 is 23.5 Å². The minimum Gasteiger partial charge on any atom is -0.400 e. The first-order valence-electron chi connectivity index (χ1n) is 12.5. The number of hydroxylamine groups is 2. The number of Topliss-reactive ketones (excluding diaryl/α,β-unsaturated/α-hetero) is 1. The second-order valence-electron chi connectivity index (χ2n) is 7.88. The van der Waals surface area contributed by atoms with Gasteiger partial charge in [0.15, 0.2) is 0 Å². The molecule has 0 aromatic rings. The third kappa shape index (κ3) is 24.0. The first kappa shape index (κ1) is 43.9. The maximum absolute atomic E-state index is 12.0. The van der Waals surface area contributed by atoms with Gasteiger partial charge in [0.25, 0.3) is 5.91 Å². The van der Waals surface area contributed by atoms with Crippen molar-refractivity contribution in [3.05, 3.63) is 0 Å². The van der Waals surface area contributed by atoms with E-state index in [4.69, 9.17) is 15.1 Å². The normalized spacial score (nSPS) is 15.8. The van der Waals surface area contributed by atoms with Crippen LogP contribution in [0.2, 0.25) is 0 Å². The van der Waals surface area contributed by atoms with E-state index in [-0.39, 0.29) is 51.6 Å². The SMILES string of the molecule is C1CCOCC1.CC.CCC(C)(F)F.CNC(=O)C(=O)CNC(=O)C1CCCN1C(=O)CN(C)O.CO.[Y]. The summed E-state index contributed by atoms with van der Waals surface area (Å²) in [5.74, 6) is -4.83. The first-order chi connectivity index (χ1) is 17.4. The van der Waals surface area contributed by atoms with E-state index in [1.807, 2.05) is 13.8 Å². The average Bonchev–Trinajstić information content (AvgIpc) is 3.40. The van der Waals surface area contributed by atoms with Crippen LogP contribution in [0, 0.1) is 0 Å². The number of rotatable bonds is 7. The van der Waals surface area contributed by atoms with Gasteiger partial charge in [0.1, 0.15) is 12.6 Å². The van der Waals surface area contributed by atoms with Crippen LogP contribution in [0.4, 0.5) is 8.78 Å². The van der Waals surface area contributed by atoms with Crippen LogP contribution in [-0.4, -0.2) is 110 Å². The number of aliphatic hydroxyl groups excluding tert-OH is 1. The number of amides is 3. The number of halogens is 2. The summed E-state index contributed by atoms with van der Waals surface area (Å²) >= 11 is 0. The fourth-order valence-electron chi connectivity index (χ4n) is 2.82. The number of ketones is 1. The fraction of sp³-hybridized carbons (Fsp3) is 0.833. The molecule has 0 aromatic carbocycles. The van der Waals surface area contributed by atoms with Crippen molar-refractivity contribution < 1.29 is 75.7 Å². The number of hydrogen-bond donors (Lipinski definition) is 4. The molecular formula is C24H48F2N4O7Y. The number of likely N-dealkylation sites (N-methyl/N-ethyl adjacent to an activating group) is 2. The largest absolute Gasteiger partial charge is 0.400 e. The van der Waals surface area contributed by atoms with Gasteiger partial charge in [-0.2, -0.15) is 5.06 Å². The summed E-state index contributed by atoms with van der Waals surface area (Å²) in [5, 5.41) is 21.3. The molecule has 0 aromatic heterocycles. The van der Waals surface area contributed by atoms with E-state index >= 15 is 0 Å². The van der Waals surface area contributed by atoms with Gasteiger partial charge >= 0.3 is 0 Å². The molecule has 0 bridgehead atoms. The van der Waals surface area contributed by atoms with Gasteiger partial charge in [-0.3, -0.25) is 19.2 Å². The molecule has 4 N–H and O–H groups in total. The van der Waals surface area contributed by atoms with Gasteiger partial charge in [-0.15, -0.1) is 0 Å². The summed E-state index contributed by atoms with van der Waals surface area (Å²) in [6.07, 6.45) is 5.02. The third-order valence-corrected chi connectivity index (χ3v) is 4.84. The van der Waals surface area contributed by atoms with Crippen LogP contribution in [0.25, 0.3) is 0 Å². The number of alkyl halides is 2. The van der Waals surface area contributed by atoms with E-state index in [0.717, 1.165) is 32.3 Å². The maximum atomic E-state index is 12.0. The van der Waals surface area contributed by atoms with Crippen molar-refractivity contribution in [3.8, 4) is 0 Å². The Balaban J connectivity index is -0.000000278. The number of carbonyl (C=O) groups excluding carboxylic acids is 4. The zero-order chi connectivity index (χ0) is 29.4. The fourth-order valence-corrected chi connectivity index (χ4v) is 2.82. The Hall–Kier alpha value is -1.12. The Kier molecular flexibility index (Phi) is 31.7. The molecule has 0 aliphatic carbocycles. The van der Waals surface area contributed by atoms with Gasteiger partial charge < -0.3 is 30.6 Å². The number of hydrogen-bond acceptors (Lipinski definition) is 8. The first-order valence-corrected chi connectivity index (χ1v) is 12.5. The molecule has 2 rings (SSSR count). The van der Waals surface area contributed by atoms with Crippen LogP contribution < -0.4 is 10.6 Å². The molecule has 38 heavy (non-hydrogen) atoms. The molecule has 11 nitrogen and oxygen atoms in total. The smallest absolute Gasteiger partial charge is 0.289 e. The van der Waals surface area contributed by atoms with Crippen molar-refractivity contribution in [2.45, 2.75) is 78.2 Å². The number of nitrogens with one attached hydrogen (secondary N) is 2. The van der Waals surface area contributed by atoms with Gasteiger partial charge in [-0.05, 0) is 39.0 Å². The quantitative estimate of drug-likeness (QED) is 0.245. The van der Waals surface area contributed by atoms with Gasteiger partial charge in [0, 0.05) is 80.1 Å². The van der Waals surface area contributed by atoms with E-state index in [1.54, 1.807) is 0 Å². The zero-order valence-corrected chi connectivity index (χ0v) is 26.9. The molecule has 1 unspecified atom stereocenters. The van der Waals surface area contributed by atoms with Gasteiger partial charge in [-0.1, -0.05) is 20.8 Å². The van der Waals surface area contributed by atoms with Crippen molar-refractivity contribution in [2.75, 3.05) is 54.1 Å². The third-order valence-electron chi connectivity index (χ3n) is 4.84. The summed E-state index contributed by atoms with van der Waals surface area (Å²) in [5.41, 5.74) is 0. The van der Waals surface area contributed by atoms with Crippen LogP contribution >= 0.6 is 0 Å². The van der Waals surface area contributed by atoms with E-state index in [9.17, 15) is 28.0 Å². The molecule has 14 heteroatoms. The van der Waals surface area contributed by atoms with Crippen LogP contribution in [0.5, 0.6) is 0 Å². The topological polar surface area (TPSA) is 149 Å². The zero-order valence-electron chi connectivity index (χ0n) is 24.0. The molecule has 2 aliphatic rings. The van der Waals surface area contributed by atoms with Gasteiger partial charge in [0.2, 0.25) is 23.5 Å². The van der Waals surface area contributed by atoms with Crippen LogP contribution in [0.15, 0.2) is 0 Å². The Morgan fingerprint density at radius 3 is 1.92 bits per heavy atom. The maximum Gasteiger partial charge on any atom is 0.289 e. The Labute approximate surface area is 251 Å². The second-order valence-corrected chi connectivity index (χ2v) is 7.88. The average molecular weight is 632 g/mol. The van der Waals surface area contributed by atoms with Crippen molar-refractivity contribution in [1.29, 1.82) is 0 Å². The minimum absolute atomic E-state index is 0. The van der Waals surface area contributed by atoms with Crippen LogP contribution in [0.3, 0.4) is 0 Å². The second kappa shape index (κ2) is 27.5. The molecule has 3 amide bonds. The molecule has 1 atom stereocenters. The molecule has 2 saturated heterocycles. The Morgan fingerprint density at radius 1 is 1.08 bits per heavy atom. The monoisotopic (exact) mass is 631 g/mol. The summed E-state index contributed by atoms with van der Waals surface area (Å²) in [4.78, 5) is 47.6. The van der Waals surface area contributed by atoms with Crippen molar-refractivity contribution in [3.63, 3.8) is 0 Å². The number of aliphatic hydroxyl groups is 1.